The fourth-order valence-electron chi connectivity index (χ4n) is 1.31. The molecule has 0 radical (unpaired) electrons. The van der Waals surface area contributed by atoms with E-state index in [1.807, 2.05) is 12.1 Å². The minimum Gasteiger partial charge on any atom is -0.478 e. The number of carboxylic acid groups (broad SMARTS) is 1. The minimum atomic E-state index is -0.986. The number of hydrogen-bond donors (Lipinski definition) is 2. The van der Waals surface area contributed by atoms with E-state index in [9.17, 15) is 4.79 Å². The van der Waals surface area contributed by atoms with Crippen LogP contribution in [0.2, 0.25) is 0 Å². The molecule has 18 heavy (non-hydrogen) atoms. The molecule has 0 saturated carbocycles. The molecule has 92 valence electrons. The summed E-state index contributed by atoms with van der Waals surface area (Å²) in [6.45, 7) is 0. The number of pyridine rings is 1. The number of carboxylic acids is 1. The van der Waals surface area contributed by atoms with E-state index in [2.05, 4.69) is 20.9 Å². The molecule has 2 aromatic rings. The second kappa shape index (κ2) is 5.41. The summed E-state index contributed by atoms with van der Waals surface area (Å²) in [6, 6.07) is 8.41. The van der Waals surface area contributed by atoms with Crippen LogP contribution in [0.15, 0.2) is 50.9 Å². The smallest absolute Gasteiger partial charge is 0.335 e. The molecule has 1 heterocycles. The standard InChI is InChI=1S/C12H9BrN2O2S/c13-8-2-4-11(15-6-8)18-10-3-1-7(12(16)17)5-9(10)14/h1-6H,14H2,(H,16,17). The molecule has 0 bridgehead atoms. The fraction of sp³-hybridized carbons (Fsp3) is 0. The summed E-state index contributed by atoms with van der Waals surface area (Å²) in [5, 5.41) is 9.64. The van der Waals surface area contributed by atoms with Crippen LogP contribution in [-0.4, -0.2) is 16.1 Å². The molecular formula is C12H9BrN2O2S. The first-order valence-corrected chi connectivity index (χ1v) is 6.59. The Hall–Kier alpha value is -1.53. The van der Waals surface area contributed by atoms with Gasteiger partial charge >= 0.3 is 5.97 Å². The third-order valence-electron chi connectivity index (χ3n) is 2.17. The molecule has 1 aromatic heterocycles. The lowest BCUT2D eigenvalue weighted by Crippen LogP contribution is -1.98. The van der Waals surface area contributed by atoms with Crippen LogP contribution < -0.4 is 5.73 Å². The molecule has 0 unspecified atom stereocenters. The number of aromatic nitrogens is 1. The van der Waals surface area contributed by atoms with Gasteiger partial charge in [-0.2, -0.15) is 0 Å². The zero-order valence-corrected chi connectivity index (χ0v) is 11.5. The van der Waals surface area contributed by atoms with E-state index in [0.29, 0.717) is 5.69 Å². The molecule has 0 amide bonds. The summed E-state index contributed by atoms with van der Waals surface area (Å²) in [5.74, 6) is -0.986. The number of aromatic carboxylic acids is 1. The maximum absolute atomic E-state index is 10.8. The van der Waals surface area contributed by atoms with E-state index in [1.165, 1.54) is 23.9 Å². The van der Waals surface area contributed by atoms with E-state index in [4.69, 9.17) is 10.8 Å². The molecule has 0 aliphatic rings. The average Bonchev–Trinajstić information content (AvgIpc) is 2.34. The first-order valence-electron chi connectivity index (χ1n) is 4.98. The number of hydrogen-bond acceptors (Lipinski definition) is 4. The summed E-state index contributed by atoms with van der Waals surface area (Å²) in [7, 11) is 0. The number of nitrogens with zero attached hydrogens (tertiary/aromatic N) is 1. The van der Waals surface area contributed by atoms with Crippen LogP contribution in [0.5, 0.6) is 0 Å². The highest BCUT2D eigenvalue weighted by molar-refractivity contribution is 9.10. The average molecular weight is 325 g/mol. The van der Waals surface area contributed by atoms with Gasteiger partial charge in [0.15, 0.2) is 0 Å². The Bertz CT molecular complexity index is 587. The van der Waals surface area contributed by atoms with Crippen molar-refractivity contribution in [3.8, 4) is 0 Å². The van der Waals surface area contributed by atoms with Gasteiger partial charge in [-0.05, 0) is 46.3 Å². The fourth-order valence-corrected chi connectivity index (χ4v) is 2.32. The van der Waals surface area contributed by atoms with Crippen molar-refractivity contribution in [2.75, 3.05) is 5.73 Å². The van der Waals surface area contributed by atoms with Crippen molar-refractivity contribution in [3.05, 3.63) is 46.6 Å². The van der Waals surface area contributed by atoms with Crippen molar-refractivity contribution >= 4 is 39.3 Å². The zero-order valence-electron chi connectivity index (χ0n) is 9.13. The molecule has 1 aromatic carbocycles. The summed E-state index contributed by atoms with van der Waals surface area (Å²) in [5.41, 5.74) is 6.43. The third kappa shape index (κ3) is 3.02. The minimum absolute atomic E-state index is 0.181. The lowest BCUT2D eigenvalue weighted by atomic mass is 10.2. The predicted octanol–water partition coefficient (Wildman–Crippen LogP) is 3.28. The molecule has 2 rings (SSSR count). The number of carbonyl (C=O) groups is 1. The van der Waals surface area contributed by atoms with Gasteiger partial charge in [0.05, 0.1) is 5.56 Å². The van der Waals surface area contributed by atoms with Crippen LogP contribution >= 0.6 is 27.7 Å². The van der Waals surface area contributed by atoms with E-state index in [0.717, 1.165) is 14.4 Å². The van der Waals surface area contributed by atoms with Crippen molar-refractivity contribution < 1.29 is 9.90 Å². The van der Waals surface area contributed by atoms with Crippen molar-refractivity contribution in [1.29, 1.82) is 0 Å². The number of nitrogen functional groups attached to an aromatic ring is 1. The predicted molar refractivity (Wildman–Crippen MR) is 73.9 cm³/mol. The SMILES string of the molecule is Nc1cc(C(=O)O)ccc1Sc1ccc(Br)cn1. The summed E-state index contributed by atoms with van der Waals surface area (Å²) in [6.07, 6.45) is 1.70. The highest BCUT2D eigenvalue weighted by Gasteiger charge is 2.08. The lowest BCUT2D eigenvalue weighted by molar-refractivity contribution is 0.0697. The van der Waals surface area contributed by atoms with Crippen LogP contribution in [-0.2, 0) is 0 Å². The Morgan fingerprint density at radius 1 is 1.33 bits per heavy atom. The topological polar surface area (TPSA) is 76.2 Å². The highest BCUT2D eigenvalue weighted by Crippen LogP contribution is 2.31. The van der Waals surface area contributed by atoms with E-state index in [-0.39, 0.29) is 5.56 Å². The summed E-state index contributed by atoms with van der Waals surface area (Å²) < 4.78 is 0.904. The zero-order chi connectivity index (χ0) is 13.1. The Balaban J connectivity index is 2.24. The summed E-state index contributed by atoms with van der Waals surface area (Å²) in [4.78, 5) is 15.8. The second-order valence-electron chi connectivity index (χ2n) is 3.47. The molecule has 0 atom stereocenters. The molecule has 4 nitrogen and oxygen atoms in total. The molecule has 0 fully saturated rings. The van der Waals surface area contributed by atoms with Gasteiger partial charge in [0.25, 0.3) is 0 Å². The number of halogens is 1. The van der Waals surface area contributed by atoms with Crippen molar-refractivity contribution in [3.63, 3.8) is 0 Å². The molecule has 0 aliphatic carbocycles. The van der Waals surface area contributed by atoms with Gasteiger partial charge < -0.3 is 10.8 Å². The second-order valence-corrected chi connectivity index (χ2v) is 5.45. The Morgan fingerprint density at radius 2 is 2.11 bits per heavy atom. The Labute approximate surface area is 116 Å². The first kappa shape index (κ1) is 12.9. The Morgan fingerprint density at radius 3 is 2.67 bits per heavy atom. The maximum atomic E-state index is 10.8. The van der Waals surface area contributed by atoms with Gasteiger partial charge in [0, 0.05) is 21.3 Å². The van der Waals surface area contributed by atoms with E-state index >= 15 is 0 Å². The number of rotatable bonds is 3. The monoisotopic (exact) mass is 324 g/mol. The van der Waals surface area contributed by atoms with Gasteiger partial charge in [-0.15, -0.1) is 0 Å². The van der Waals surface area contributed by atoms with Crippen LogP contribution in [0.25, 0.3) is 0 Å². The van der Waals surface area contributed by atoms with E-state index < -0.39 is 5.97 Å². The van der Waals surface area contributed by atoms with Crippen LogP contribution in [0.3, 0.4) is 0 Å². The van der Waals surface area contributed by atoms with Crippen molar-refractivity contribution in [2.45, 2.75) is 9.92 Å². The normalized spacial score (nSPS) is 10.3. The van der Waals surface area contributed by atoms with Gasteiger partial charge in [0.1, 0.15) is 5.03 Å². The van der Waals surface area contributed by atoms with Crippen LogP contribution in [0.4, 0.5) is 5.69 Å². The molecule has 0 spiro atoms. The molecule has 3 N–H and O–H groups in total. The number of benzene rings is 1. The highest BCUT2D eigenvalue weighted by atomic mass is 79.9. The largest absolute Gasteiger partial charge is 0.478 e. The maximum Gasteiger partial charge on any atom is 0.335 e. The van der Waals surface area contributed by atoms with Crippen LogP contribution in [0.1, 0.15) is 10.4 Å². The molecule has 0 aliphatic heterocycles. The quantitative estimate of drug-likeness (QED) is 0.847. The lowest BCUT2D eigenvalue weighted by Gasteiger charge is -2.05. The van der Waals surface area contributed by atoms with E-state index in [1.54, 1.807) is 12.3 Å². The molecular weight excluding hydrogens is 316 g/mol. The molecule has 0 saturated heterocycles. The van der Waals surface area contributed by atoms with Crippen LogP contribution in [0, 0.1) is 0 Å². The Kier molecular flexibility index (Phi) is 3.88. The first-order chi connectivity index (χ1) is 8.56. The number of anilines is 1. The van der Waals surface area contributed by atoms with Gasteiger partial charge in [-0.25, -0.2) is 9.78 Å². The van der Waals surface area contributed by atoms with Gasteiger partial charge in [-0.1, -0.05) is 11.8 Å². The van der Waals surface area contributed by atoms with Gasteiger partial charge in [-0.3, -0.25) is 0 Å². The van der Waals surface area contributed by atoms with Gasteiger partial charge in [0.2, 0.25) is 0 Å². The third-order valence-corrected chi connectivity index (χ3v) is 3.68. The van der Waals surface area contributed by atoms with Crippen molar-refractivity contribution in [2.24, 2.45) is 0 Å². The van der Waals surface area contributed by atoms with Crippen molar-refractivity contribution in [1.82, 2.24) is 4.98 Å². The number of nitrogens with two attached hydrogens (primary N) is 1. The summed E-state index contributed by atoms with van der Waals surface area (Å²) >= 11 is 4.70. The molecule has 6 heteroatoms.